The summed E-state index contributed by atoms with van der Waals surface area (Å²) in [6.07, 6.45) is 2.91. The molecule has 0 N–H and O–H groups in total. The van der Waals surface area contributed by atoms with Gasteiger partial charge in [0.15, 0.2) is 0 Å². The maximum absolute atomic E-state index is 12.8. The summed E-state index contributed by atoms with van der Waals surface area (Å²) in [4.78, 5) is 0.240. The van der Waals surface area contributed by atoms with Crippen molar-refractivity contribution in [2.24, 2.45) is 5.92 Å². The molecule has 1 aliphatic heterocycles. The highest BCUT2D eigenvalue weighted by Gasteiger charge is 2.29. The van der Waals surface area contributed by atoms with Crippen LogP contribution in [-0.4, -0.2) is 32.9 Å². The Morgan fingerprint density at radius 1 is 1.30 bits per heavy atom. The summed E-state index contributed by atoms with van der Waals surface area (Å²) in [5.41, 5.74) is 0. The number of ether oxygens (including phenoxy) is 1. The minimum absolute atomic E-state index is 0.240. The first-order valence-electron chi connectivity index (χ1n) is 6.79. The zero-order chi connectivity index (χ0) is 14.8. The molecule has 4 nitrogen and oxygen atoms in total. The SMILES string of the molecule is COc1ccc(Br)cc1S(=O)(=O)N1CCCC(C)CC1. The van der Waals surface area contributed by atoms with Crippen LogP contribution in [0.4, 0.5) is 0 Å². The average molecular weight is 362 g/mol. The minimum Gasteiger partial charge on any atom is -0.495 e. The Balaban J connectivity index is 2.36. The number of hydrogen-bond donors (Lipinski definition) is 0. The van der Waals surface area contributed by atoms with E-state index in [-0.39, 0.29) is 4.90 Å². The molecule has 1 aromatic rings. The summed E-state index contributed by atoms with van der Waals surface area (Å²) < 4.78 is 33.1. The Kier molecular flexibility index (Phi) is 5.09. The molecule has 1 heterocycles. The number of rotatable bonds is 3. The van der Waals surface area contributed by atoms with E-state index >= 15 is 0 Å². The summed E-state index contributed by atoms with van der Waals surface area (Å²) in [5, 5.41) is 0. The molecule has 0 radical (unpaired) electrons. The van der Waals surface area contributed by atoms with Crippen LogP contribution in [0.5, 0.6) is 5.75 Å². The number of halogens is 1. The Morgan fingerprint density at radius 3 is 2.75 bits per heavy atom. The van der Waals surface area contributed by atoms with Crippen molar-refractivity contribution in [2.45, 2.75) is 31.1 Å². The van der Waals surface area contributed by atoms with Gasteiger partial charge in [-0.05, 0) is 43.4 Å². The molecule has 1 fully saturated rings. The number of hydrogen-bond acceptors (Lipinski definition) is 3. The van der Waals surface area contributed by atoms with E-state index in [1.807, 2.05) is 0 Å². The molecule has 6 heteroatoms. The van der Waals surface area contributed by atoms with Crippen LogP contribution >= 0.6 is 15.9 Å². The first-order valence-corrected chi connectivity index (χ1v) is 9.02. The van der Waals surface area contributed by atoms with Crippen molar-refractivity contribution in [3.63, 3.8) is 0 Å². The van der Waals surface area contributed by atoms with Crippen LogP contribution in [0, 0.1) is 5.92 Å². The van der Waals surface area contributed by atoms with Gasteiger partial charge in [-0.1, -0.05) is 22.9 Å². The average Bonchev–Trinajstić information content (AvgIpc) is 2.64. The third kappa shape index (κ3) is 3.35. The Hall–Kier alpha value is -0.590. The van der Waals surface area contributed by atoms with Crippen LogP contribution < -0.4 is 4.74 Å². The summed E-state index contributed by atoms with van der Waals surface area (Å²) in [7, 11) is -2.00. The lowest BCUT2D eigenvalue weighted by Gasteiger charge is -2.21. The molecule has 1 aliphatic rings. The minimum atomic E-state index is -3.50. The summed E-state index contributed by atoms with van der Waals surface area (Å²) in [6, 6.07) is 5.07. The molecule has 0 aromatic heterocycles. The van der Waals surface area contributed by atoms with E-state index in [9.17, 15) is 8.42 Å². The first-order chi connectivity index (χ1) is 9.45. The van der Waals surface area contributed by atoms with Crippen molar-refractivity contribution >= 4 is 26.0 Å². The van der Waals surface area contributed by atoms with Gasteiger partial charge in [-0.15, -0.1) is 0 Å². The fourth-order valence-corrected chi connectivity index (χ4v) is 4.66. The van der Waals surface area contributed by atoms with Crippen molar-refractivity contribution in [1.82, 2.24) is 4.31 Å². The molecule has 0 spiro atoms. The maximum Gasteiger partial charge on any atom is 0.246 e. The number of methoxy groups -OCH3 is 1. The predicted molar refractivity (Wildman–Crippen MR) is 82.5 cm³/mol. The van der Waals surface area contributed by atoms with Crippen LogP contribution in [0.25, 0.3) is 0 Å². The zero-order valence-electron chi connectivity index (χ0n) is 11.8. The lowest BCUT2D eigenvalue weighted by atomic mass is 10.0. The van der Waals surface area contributed by atoms with E-state index in [2.05, 4.69) is 22.9 Å². The predicted octanol–water partition coefficient (Wildman–Crippen LogP) is 3.27. The Labute approximate surface area is 129 Å². The third-order valence-corrected chi connectivity index (χ3v) is 6.13. The second kappa shape index (κ2) is 6.45. The molecular formula is C14H20BrNO3S. The molecule has 0 aliphatic carbocycles. The maximum atomic E-state index is 12.8. The van der Waals surface area contributed by atoms with Crippen LogP contribution in [0.2, 0.25) is 0 Å². The highest BCUT2D eigenvalue weighted by Crippen LogP contribution is 2.31. The van der Waals surface area contributed by atoms with Crippen molar-refractivity contribution < 1.29 is 13.2 Å². The van der Waals surface area contributed by atoms with E-state index in [1.54, 1.807) is 22.5 Å². The van der Waals surface area contributed by atoms with Gasteiger partial charge in [0.2, 0.25) is 10.0 Å². The third-order valence-electron chi connectivity index (χ3n) is 3.72. The van der Waals surface area contributed by atoms with Gasteiger partial charge in [0.05, 0.1) is 7.11 Å². The Bertz CT molecular complexity index is 574. The molecule has 2 rings (SSSR count). The normalized spacial score (nSPS) is 21.4. The van der Waals surface area contributed by atoms with Gasteiger partial charge in [0.25, 0.3) is 0 Å². The van der Waals surface area contributed by atoms with E-state index in [1.165, 1.54) is 7.11 Å². The second-order valence-electron chi connectivity index (χ2n) is 5.24. The van der Waals surface area contributed by atoms with Gasteiger partial charge in [-0.25, -0.2) is 8.42 Å². The van der Waals surface area contributed by atoms with Crippen molar-refractivity contribution in [2.75, 3.05) is 20.2 Å². The van der Waals surface area contributed by atoms with E-state index in [0.717, 1.165) is 23.7 Å². The molecule has 1 unspecified atom stereocenters. The van der Waals surface area contributed by atoms with Gasteiger partial charge >= 0.3 is 0 Å². The standard InChI is InChI=1S/C14H20BrNO3S/c1-11-4-3-8-16(9-7-11)20(17,18)14-10-12(15)5-6-13(14)19-2/h5-6,10-11H,3-4,7-9H2,1-2H3. The molecule has 1 aromatic carbocycles. The van der Waals surface area contributed by atoms with Crippen molar-refractivity contribution in [3.8, 4) is 5.75 Å². The zero-order valence-corrected chi connectivity index (χ0v) is 14.2. The molecular weight excluding hydrogens is 342 g/mol. The molecule has 20 heavy (non-hydrogen) atoms. The van der Waals surface area contributed by atoms with E-state index in [4.69, 9.17) is 4.74 Å². The fraction of sp³-hybridized carbons (Fsp3) is 0.571. The van der Waals surface area contributed by atoms with Gasteiger partial charge in [-0.3, -0.25) is 0 Å². The van der Waals surface area contributed by atoms with Gasteiger partial charge in [0.1, 0.15) is 10.6 Å². The van der Waals surface area contributed by atoms with Crippen molar-refractivity contribution in [3.05, 3.63) is 22.7 Å². The van der Waals surface area contributed by atoms with Gasteiger partial charge < -0.3 is 4.74 Å². The summed E-state index contributed by atoms with van der Waals surface area (Å²) >= 11 is 3.33. The second-order valence-corrected chi connectivity index (χ2v) is 8.06. The van der Waals surface area contributed by atoms with Gasteiger partial charge in [0, 0.05) is 17.6 Å². The topological polar surface area (TPSA) is 46.6 Å². The highest BCUT2D eigenvalue weighted by molar-refractivity contribution is 9.10. The monoisotopic (exact) mass is 361 g/mol. The largest absolute Gasteiger partial charge is 0.495 e. The number of benzene rings is 1. The van der Waals surface area contributed by atoms with Gasteiger partial charge in [-0.2, -0.15) is 4.31 Å². The number of sulfonamides is 1. The fourth-order valence-electron chi connectivity index (χ4n) is 2.47. The van der Waals surface area contributed by atoms with Crippen LogP contribution in [0.1, 0.15) is 26.2 Å². The Morgan fingerprint density at radius 2 is 2.05 bits per heavy atom. The molecule has 1 atom stereocenters. The molecule has 112 valence electrons. The summed E-state index contributed by atoms with van der Waals surface area (Å²) in [5.74, 6) is 0.977. The molecule has 0 bridgehead atoms. The smallest absolute Gasteiger partial charge is 0.246 e. The lowest BCUT2D eigenvalue weighted by Crippen LogP contribution is -2.32. The van der Waals surface area contributed by atoms with Crippen LogP contribution in [0.15, 0.2) is 27.6 Å². The molecule has 0 amide bonds. The first kappa shape index (κ1) is 15.8. The number of nitrogens with zero attached hydrogens (tertiary/aromatic N) is 1. The highest BCUT2D eigenvalue weighted by atomic mass is 79.9. The van der Waals surface area contributed by atoms with Crippen LogP contribution in [-0.2, 0) is 10.0 Å². The van der Waals surface area contributed by atoms with Crippen molar-refractivity contribution in [1.29, 1.82) is 0 Å². The van der Waals surface area contributed by atoms with Crippen LogP contribution in [0.3, 0.4) is 0 Å². The van der Waals surface area contributed by atoms with E-state index < -0.39 is 10.0 Å². The molecule has 1 saturated heterocycles. The quantitative estimate of drug-likeness (QED) is 0.829. The summed E-state index contributed by atoms with van der Waals surface area (Å²) in [6.45, 7) is 3.34. The lowest BCUT2D eigenvalue weighted by molar-refractivity contribution is 0.390. The molecule has 0 saturated carbocycles. The van der Waals surface area contributed by atoms with E-state index in [0.29, 0.717) is 24.8 Å².